The summed E-state index contributed by atoms with van der Waals surface area (Å²) in [4.78, 5) is 26.5. The van der Waals surface area contributed by atoms with Gasteiger partial charge in [-0.3, -0.25) is 4.79 Å². The van der Waals surface area contributed by atoms with Gasteiger partial charge < -0.3 is 24.2 Å². The summed E-state index contributed by atoms with van der Waals surface area (Å²) in [5.74, 6) is -0.159. The number of carbonyl (C=O) groups excluding carboxylic acids is 1. The number of carboxylic acids is 1. The van der Waals surface area contributed by atoms with E-state index in [0.29, 0.717) is 17.1 Å². The van der Waals surface area contributed by atoms with Gasteiger partial charge in [0.05, 0.1) is 23.8 Å². The van der Waals surface area contributed by atoms with Gasteiger partial charge >= 0.3 is 5.97 Å². The summed E-state index contributed by atoms with van der Waals surface area (Å²) >= 11 is 6.30. The molecule has 3 heterocycles. The number of para-hydroxylation sites is 1. The third kappa shape index (κ3) is 4.12. The second-order valence-electron chi connectivity index (χ2n) is 9.71. The van der Waals surface area contributed by atoms with E-state index in [1.54, 1.807) is 24.3 Å². The Morgan fingerprint density at radius 2 is 2.03 bits per heavy atom. The molecule has 2 aromatic carbocycles. The van der Waals surface area contributed by atoms with E-state index in [2.05, 4.69) is 13.8 Å². The molecule has 0 saturated carbocycles. The molecule has 2 saturated heterocycles. The molecule has 8 heteroatoms. The van der Waals surface area contributed by atoms with Crippen LogP contribution < -0.4 is 9.47 Å². The molecule has 1 N–H and O–H groups in total. The molecule has 180 valence electrons. The van der Waals surface area contributed by atoms with Crippen LogP contribution >= 0.6 is 11.6 Å². The lowest BCUT2D eigenvalue weighted by Gasteiger charge is -2.54. The zero-order valence-electron chi connectivity index (χ0n) is 19.2. The maximum absolute atomic E-state index is 13.7. The van der Waals surface area contributed by atoms with Crippen LogP contribution in [0.3, 0.4) is 0 Å². The van der Waals surface area contributed by atoms with Crippen molar-refractivity contribution in [2.45, 2.75) is 57.0 Å². The van der Waals surface area contributed by atoms with E-state index in [9.17, 15) is 9.59 Å². The highest BCUT2D eigenvalue weighted by atomic mass is 35.5. The van der Waals surface area contributed by atoms with Crippen LogP contribution in [-0.4, -0.2) is 52.8 Å². The van der Waals surface area contributed by atoms with E-state index >= 15 is 0 Å². The SMILES string of the molecule is CC1(C)Oc2ccc(Cl)cc2[C@@H]2O[C@@H]3CCCN(C(=O)c4ccccc4OCC(=O)O)[C@@H]3C[C@H]21. The van der Waals surface area contributed by atoms with Gasteiger partial charge in [0.25, 0.3) is 5.91 Å². The Hall–Kier alpha value is -2.77. The van der Waals surface area contributed by atoms with Gasteiger partial charge in [0.2, 0.25) is 0 Å². The Balaban J connectivity index is 1.44. The number of ether oxygens (including phenoxy) is 3. The van der Waals surface area contributed by atoms with Crippen LogP contribution in [0.15, 0.2) is 42.5 Å². The minimum Gasteiger partial charge on any atom is -0.487 e. The number of aliphatic carboxylic acids is 1. The third-order valence-corrected chi connectivity index (χ3v) is 7.41. The van der Waals surface area contributed by atoms with Gasteiger partial charge in [-0.05, 0) is 63.4 Å². The van der Waals surface area contributed by atoms with Gasteiger partial charge in [0.15, 0.2) is 6.61 Å². The predicted molar refractivity (Wildman–Crippen MR) is 126 cm³/mol. The van der Waals surface area contributed by atoms with Crippen LogP contribution in [0.25, 0.3) is 0 Å². The van der Waals surface area contributed by atoms with Crippen LogP contribution in [0.1, 0.15) is 55.1 Å². The lowest BCUT2D eigenvalue weighted by molar-refractivity contribution is -0.183. The van der Waals surface area contributed by atoms with Crippen LogP contribution in [0.5, 0.6) is 11.5 Å². The standard InChI is InChI=1S/C26H28ClNO6/c1-26(2)18-13-19-22(33-24(18)17-12-15(27)9-10-21(17)34-26)8-5-11-28(19)25(31)16-6-3-4-7-20(16)32-14-23(29)30/h3-4,6-7,9-10,12,18-19,22,24H,5,8,11,13-14H2,1-2H3,(H,29,30)/t18-,19-,22-,24+/m1/s1. The first-order chi connectivity index (χ1) is 16.2. The fraction of sp³-hybridized carbons (Fsp3) is 0.462. The Morgan fingerprint density at radius 1 is 1.24 bits per heavy atom. The van der Waals surface area contributed by atoms with Crippen LogP contribution in [-0.2, 0) is 9.53 Å². The summed E-state index contributed by atoms with van der Waals surface area (Å²) < 4.78 is 18.5. The number of rotatable bonds is 4. The number of amides is 1. The van der Waals surface area contributed by atoms with Crippen LogP contribution in [0, 0.1) is 5.92 Å². The van der Waals surface area contributed by atoms with E-state index < -0.39 is 18.2 Å². The number of benzene rings is 2. The number of hydrogen-bond acceptors (Lipinski definition) is 5. The van der Waals surface area contributed by atoms with Crippen LogP contribution in [0.4, 0.5) is 0 Å². The molecule has 7 nitrogen and oxygen atoms in total. The van der Waals surface area contributed by atoms with Gasteiger partial charge in [-0.2, -0.15) is 0 Å². The number of halogens is 1. The van der Waals surface area contributed by atoms with E-state index in [1.165, 1.54) is 0 Å². The molecule has 0 radical (unpaired) electrons. The fourth-order valence-electron chi connectivity index (χ4n) is 5.57. The molecule has 5 rings (SSSR count). The molecule has 3 aliphatic heterocycles. The molecule has 0 spiro atoms. The lowest BCUT2D eigenvalue weighted by Crippen LogP contribution is -2.60. The number of piperidine rings is 1. The largest absolute Gasteiger partial charge is 0.487 e. The molecule has 4 atom stereocenters. The molecule has 3 aliphatic rings. The van der Waals surface area contributed by atoms with Crippen molar-refractivity contribution in [2.24, 2.45) is 5.92 Å². The number of hydrogen-bond donors (Lipinski definition) is 1. The first-order valence-electron chi connectivity index (χ1n) is 11.6. The maximum Gasteiger partial charge on any atom is 0.341 e. The van der Waals surface area contributed by atoms with Crippen molar-refractivity contribution in [1.82, 2.24) is 4.90 Å². The molecule has 1 amide bonds. The number of likely N-dealkylation sites (tertiary alicyclic amines) is 1. The molecule has 0 bridgehead atoms. The van der Waals surface area contributed by atoms with E-state index in [0.717, 1.165) is 30.6 Å². The molecule has 0 unspecified atom stereocenters. The van der Waals surface area contributed by atoms with Gasteiger partial charge in [-0.1, -0.05) is 23.7 Å². The van der Waals surface area contributed by atoms with Crippen molar-refractivity contribution in [3.63, 3.8) is 0 Å². The highest BCUT2D eigenvalue weighted by molar-refractivity contribution is 6.30. The highest BCUT2D eigenvalue weighted by Crippen LogP contribution is 2.53. The number of carboxylic acid groups (broad SMARTS) is 1. The molecule has 2 aromatic rings. The summed E-state index contributed by atoms with van der Waals surface area (Å²) in [6.45, 7) is 4.24. The van der Waals surface area contributed by atoms with Gasteiger partial charge in [0.1, 0.15) is 17.1 Å². The number of carbonyl (C=O) groups is 2. The average molecular weight is 486 g/mol. The minimum atomic E-state index is -1.09. The Labute approximate surface area is 203 Å². The summed E-state index contributed by atoms with van der Waals surface area (Å²) in [5.41, 5.74) is 0.847. The monoisotopic (exact) mass is 485 g/mol. The molecule has 2 fully saturated rings. The molecule has 34 heavy (non-hydrogen) atoms. The molecular weight excluding hydrogens is 458 g/mol. The zero-order valence-corrected chi connectivity index (χ0v) is 20.0. The first-order valence-corrected chi connectivity index (χ1v) is 12.0. The Kier molecular flexibility index (Phi) is 5.94. The van der Waals surface area contributed by atoms with Gasteiger partial charge in [-0.25, -0.2) is 4.79 Å². The quantitative estimate of drug-likeness (QED) is 0.674. The summed E-state index contributed by atoms with van der Waals surface area (Å²) in [7, 11) is 0. The zero-order chi connectivity index (χ0) is 24.0. The van der Waals surface area contributed by atoms with Crippen molar-refractivity contribution < 1.29 is 28.9 Å². The van der Waals surface area contributed by atoms with E-state index in [4.69, 9.17) is 30.9 Å². The summed E-state index contributed by atoms with van der Waals surface area (Å²) in [6.07, 6.45) is 2.17. The molecule has 0 aliphatic carbocycles. The Bertz CT molecular complexity index is 1120. The van der Waals surface area contributed by atoms with Crippen LogP contribution in [0.2, 0.25) is 5.02 Å². The highest BCUT2D eigenvalue weighted by Gasteiger charge is 2.53. The topological polar surface area (TPSA) is 85.3 Å². The maximum atomic E-state index is 13.7. The molecular formula is C26H28ClNO6. The Morgan fingerprint density at radius 3 is 2.82 bits per heavy atom. The molecule has 0 aromatic heterocycles. The van der Waals surface area contributed by atoms with E-state index in [-0.39, 0.29) is 35.8 Å². The number of fused-ring (bicyclic) bond motifs is 4. The lowest BCUT2D eigenvalue weighted by atomic mass is 9.72. The first kappa shape index (κ1) is 23.0. The summed E-state index contributed by atoms with van der Waals surface area (Å²) in [6, 6.07) is 12.3. The predicted octanol–water partition coefficient (Wildman–Crippen LogP) is 4.73. The summed E-state index contributed by atoms with van der Waals surface area (Å²) in [5, 5.41) is 9.64. The second kappa shape index (κ2) is 8.78. The average Bonchev–Trinajstić information content (AvgIpc) is 2.81. The van der Waals surface area contributed by atoms with Crippen molar-refractivity contribution in [2.75, 3.05) is 13.2 Å². The number of nitrogens with zero attached hydrogens (tertiary/aromatic N) is 1. The normalized spacial score (nSPS) is 27.0. The van der Waals surface area contributed by atoms with Crippen molar-refractivity contribution >= 4 is 23.5 Å². The second-order valence-corrected chi connectivity index (χ2v) is 10.1. The van der Waals surface area contributed by atoms with Crippen molar-refractivity contribution in [3.8, 4) is 11.5 Å². The third-order valence-electron chi connectivity index (χ3n) is 7.17. The van der Waals surface area contributed by atoms with Crippen molar-refractivity contribution in [1.29, 1.82) is 0 Å². The van der Waals surface area contributed by atoms with Crippen molar-refractivity contribution in [3.05, 3.63) is 58.6 Å². The smallest absolute Gasteiger partial charge is 0.341 e. The van der Waals surface area contributed by atoms with Gasteiger partial charge in [-0.15, -0.1) is 0 Å². The minimum absolute atomic E-state index is 0.0339. The van der Waals surface area contributed by atoms with E-state index in [1.807, 2.05) is 23.1 Å². The van der Waals surface area contributed by atoms with Gasteiger partial charge in [0, 0.05) is 23.0 Å². The fourth-order valence-corrected chi connectivity index (χ4v) is 5.75.